The number of nitro groups is 1. The minimum Gasteiger partial charge on any atom is -0.398 e. The van der Waals surface area contributed by atoms with Gasteiger partial charge in [-0.05, 0) is 17.7 Å². The van der Waals surface area contributed by atoms with Crippen LogP contribution in [0.3, 0.4) is 0 Å². The molecule has 0 fully saturated rings. The van der Waals surface area contributed by atoms with Gasteiger partial charge in [-0.1, -0.05) is 5.16 Å². The Morgan fingerprint density at radius 2 is 2.16 bits per heavy atom. The van der Waals surface area contributed by atoms with Crippen molar-refractivity contribution in [1.29, 1.82) is 0 Å². The summed E-state index contributed by atoms with van der Waals surface area (Å²) in [5, 5.41) is 14.5. The molecule has 19 heavy (non-hydrogen) atoms. The molecule has 0 radical (unpaired) electrons. The fourth-order valence-corrected chi connectivity index (χ4v) is 1.10. The number of nitrogens with zero attached hydrogens (tertiary/aromatic N) is 3. The molecule has 0 unspecified atom stereocenters. The Hall–Kier alpha value is -2.68. The van der Waals surface area contributed by atoms with Crippen LogP contribution in [0.4, 0.5) is 10.5 Å². The molecule has 2 N–H and O–H groups in total. The number of hydrogen-bond acceptors (Lipinski definition) is 6. The lowest BCUT2D eigenvalue weighted by Crippen LogP contribution is -2.34. The van der Waals surface area contributed by atoms with Crippen molar-refractivity contribution in [3.05, 3.63) is 39.9 Å². The minimum atomic E-state index is -0.872. The highest BCUT2D eigenvalue weighted by molar-refractivity contribution is 5.83. The van der Waals surface area contributed by atoms with Crippen molar-refractivity contribution in [3.63, 3.8) is 0 Å². The summed E-state index contributed by atoms with van der Waals surface area (Å²) in [4.78, 5) is 30.3. The van der Waals surface area contributed by atoms with Crippen LogP contribution in [0, 0.1) is 10.1 Å². The van der Waals surface area contributed by atoms with Gasteiger partial charge in [-0.2, -0.15) is 5.06 Å². The number of hydrogen-bond donors (Lipinski definition) is 1. The molecule has 9 nitrogen and oxygen atoms in total. The van der Waals surface area contributed by atoms with Crippen molar-refractivity contribution in [2.75, 3.05) is 7.11 Å². The van der Waals surface area contributed by atoms with Gasteiger partial charge < -0.3 is 10.6 Å². The van der Waals surface area contributed by atoms with Crippen molar-refractivity contribution >= 4 is 18.1 Å². The van der Waals surface area contributed by atoms with Gasteiger partial charge in [-0.15, -0.1) is 0 Å². The number of non-ortho nitro benzene ring substituents is 1. The fourth-order valence-electron chi connectivity index (χ4n) is 1.10. The molecule has 1 aromatic carbocycles. The quantitative estimate of drug-likeness (QED) is 0.357. The fraction of sp³-hybridized carbons (Fsp3) is 0.200. The first-order chi connectivity index (χ1) is 9.04. The summed E-state index contributed by atoms with van der Waals surface area (Å²) >= 11 is 0. The molecule has 0 saturated carbocycles. The van der Waals surface area contributed by atoms with Gasteiger partial charge in [-0.25, -0.2) is 4.79 Å². The first-order valence-electron chi connectivity index (χ1n) is 5.06. The van der Waals surface area contributed by atoms with E-state index in [0.29, 0.717) is 10.6 Å². The second kappa shape index (κ2) is 6.91. The molecular weight excluding hydrogens is 256 g/mol. The maximum atomic E-state index is 11.0. The minimum absolute atomic E-state index is 0.00330. The molecule has 0 aliphatic heterocycles. The molecule has 2 amide bonds. The average Bonchev–Trinajstić information content (AvgIpc) is 2.39. The van der Waals surface area contributed by atoms with Gasteiger partial charge in [0, 0.05) is 12.1 Å². The maximum absolute atomic E-state index is 11.0. The van der Waals surface area contributed by atoms with Gasteiger partial charge in [0.25, 0.3) is 5.69 Å². The Morgan fingerprint density at radius 3 is 2.63 bits per heavy atom. The highest BCUT2D eigenvalue weighted by atomic mass is 16.7. The van der Waals surface area contributed by atoms with Crippen molar-refractivity contribution in [1.82, 2.24) is 5.06 Å². The van der Waals surface area contributed by atoms with E-state index in [-0.39, 0.29) is 12.3 Å². The molecule has 0 aliphatic carbocycles. The lowest BCUT2D eigenvalue weighted by molar-refractivity contribution is -0.384. The van der Waals surface area contributed by atoms with E-state index in [4.69, 9.17) is 10.6 Å². The molecule has 0 heterocycles. The Balaban J connectivity index is 2.61. The van der Waals surface area contributed by atoms with Crippen LogP contribution in [-0.2, 0) is 16.3 Å². The number of nitro benzene ring substituents is 1. The molecule has 0 aliphatic rings. The third-order valence-electron chi connectivity index (χ3n) is 1.99. The summed E-state index contributed by atoms with van der Waals surface area (Å²) in [7, 11) is 1.30. The zero-order valence-electron chi connectivity index (χ0n) is 10.1. The van der Waals surface area contributed by atoms with Crippen LogP contribution in [0.1, 0.15) is 5.56 Å². The molecule has 1 aromatic rings. The summed E-state index contributed by atoms with van der Waals surface area (Å²) in [6, 6.07) is 4.80. The molecule has 0 saturated heterocycles. The number of oxime groups is 1. The van der Waals surface area contributed by atoms with Crippen LogP contribution in [0.2, 0.25) is 0 Å². The lowest BCUT2D eigenvalue weighted by atomic mass is 10.2. The van der Waals surface area contributed by atoms with Crippen LogP contribution in [0.5, 0.6) is 0 Å². The van der Waals surface area contributed by atoms with Gasteiger partial charge in [0.05, 0.1) is 4.92 Å². The Labute approximate surface area is 108 Å². The number of primary amides is 1. The van der Waals surface area contributed by atoms with Crippen LogP contribution >= 0.6 is 0 Å². The molecular formula is C10H12N4O5. The molecule has 102 valence electrons. The van der Waals surface area contributed by atoms with E-state index in [2.05, 4.69) is 9.99 Å². The largest absolute Gasteiger partial charge is 0.398 e. The van der Waals surface area contributed by atoms with Gasteiger partial charge in [0.1, 0.15) is 13.7 Å². The van der Waals surface area contributed by atoms with E-state index in [1.54, 1.807) is 0 Å². The highest BCUT2D eigenvalue weighted by Crippen LogP contribution is 2.12. The predicted molar refractivity (Wildman–Crippen MR) is 64.8 cm³/mol. The summed E-state index contributed by atoms with van der Waals surface area (Å²) in [6.45, 7) is -0.00330. The number of carbonyl (C=O) groups excluding carboxylic acids is 1. The van der Waals surface area contributed by atoms with E-state index in [1.807, 2.05) is 0 Å². The number of carbonyl (C=O) groups is 1. The van der Waals surface area contributed by atoms with Crippen LogP contribution in [0.25, 0.3) is 0 Å². The van der Waals surface area contributed by atoms with E-state index < -0.39 is 11.0 Å². The molecule has 1 rings (SSSR count). The summed E-state index contributed by atoms with van der Waals surface area (Å²) in [5.41, 5.74) is 5.63. The van der Waals surface area contributed by atoms with Crippen LogP contribution in [-0.4, -0.2) is 29.5 Å². The first kappa shape index (κ1) is 14.4. The Bertz CT molecular complexity index is 473. The van der Waals surface area contributed by atoms with E-state index in [9.17, 15) is 14.9 Å². The molecule has 9 heteroatoms. The summed E-state index contributed by atoms with van der Waals surface area (Å²) in [6.07, 6.45) is 0.966. The number of amides is 2. The van der Waals surface area contributed by atoms with E-state index in [0.717, 1.165) is 6.34 Å². The van der Waals surface area contributed by atoms with Gasteiger partial charge in [-0.3, -0.25) is 15.0 Å². The molecule has 0 spiro atoms. The Morgan fingerprint density at radius 1 is 1.53 bits per heavy atom. The van der Waals surface area contributed by atoms with Crippen molar-refractivity contribution < 1.29 is 19.4 Å². The second-order valence-corrected chi connectivity index (χ2v) is 3.26. The summed E-state index contributed by atoms with van der Waals surface area (Å²) < 4.78 is 0. The van der Waals surface area contributed by atoms with E-state index >= 15 is 0 Å². The first-order valence-corrected chi connectivity index (χ1v) is 5.06. The average molecular weight is 268 g/mol. The number of hydroxylamine groups is 2. The maximum Gasteiger partial charge on any atom is 0.344 e. The van der Waals surface area contributed by atoms with Crippen LogP contribution < -0.4 is 5.73 Å². The van der Waals surface area contributed by atoms with Gasteiger partial charge >= 0.3 is 6.03 Å². The highest BCUT2D eigenvalue weighted by Gasteiger charge is 2.09. The van der Waals surface area contributed by atoms with Gasteiger partial charge in [0.15, 0.2) is 6.34 Å². The number of benzene rings is 1. The van der Waals surface area contributed by atoms with Crippen molar-refractivity contribution in [3.8, 4) is 0 Å². The topological polar surface area (TPSA) is 120 Å². The van der Waals surface area contributed by atoms with Crippen LogP contribution in [0.15, 0.2) is 29.4 Å². The Kier molecular flexibility index (Phi) is 5.23. The van der Waals surface area contributed by atoms with Gasteiger partial charge in [0.2, 0.25) is 0 Å². The smallest absolute Gasteiger partial charge is 0.344 e. The monoisotopic (exact) mass is 268 g/mol. The lowest BCUT2D eigenvalue weighted by Gasteiger charge is -2.13. The number of rotatable bonds is 6. The van der Waals surface area contributed by atoms with E-state index in [1.165, 1.54) is 31.4 Å². The second-order valence-electron chi connectivity index (χ2n) is 3.26. The normalized spacial score (nSPS) is 10.4. The number of nitrogens with two attached hydrogens (primary N) is 1. The van der Waals surface area contributed by atoms with Crippen molar-refractivity contribution in [2.24, 2.45) is 10.9 Å². The molecule has 0 bridgehead atoms. The van der Waals surface area contributed by atoms with Crippen molar-refractivity contribution in [2.45, 2.75) is 6.61 Å². The standard InChI is InChI=1S/C10H12N4O5/c1-18-12-7-13(10(11)15)19-6-8-2-4-9(5-3-8)14(16)17/h2-5,7H,6H2,1H3,(H2,11,15)/b12-7+. The predicted octanol–water partition coefficient (Wildman–Crippen LogP) is 0.997. The number of urea groups is 1. The third-order valence-corrected chi connectivity index (χ3v) is 1.99. The zero-order chi connectivity index (χ0) is 14.3. The third kappa shape index (κ3) is 4.60. The zero-order valence-corrected chi connectivity index (χ0v) is 10.1. The SMILES string of the molecule is CO/N=C/N(OCc1ccc([N+](=O)[O-])cc1)C(N)=O. The molecule has 0 atom stereocenters. The molecule has 0 aromatic heterocycles. The summed E-state index contributed by atoms with van der Waals surface area (Å²) in [5.74, 6) is 0.